The number of aromatic nitrogens is 1. The van der Waals surface area contributed by atoms with Gasteiger partial charge in [0.1, 0.15) is 17.2 Å². The van der Waals surface area contributed by atoms with Crippen molar-refractivity contribution in [3.63, 3.8) is 0 Å². The number of para-hydroxylation sites is 2. The minimum absolute atomic E-state index is 0.0762. The number of aliphatic hydroxyl groups excluding tert-OH is 1. The summed E-state index contributed by atoms with van der Waals surface area (Å²) in [6.07, 6.45) is 0.178. The average Bonchev–Trinajstić information content (AvgIpc) is 3.30. The summed E-state index contributed by atoms with van der Waals surface area (Å²) in [5, 5.41) is 17.5. The number of thioether (sulfide) groups is 1. The fourth-order valence-corrected chi connectivity index (χ4v) is 4.93. The average molecular weight is 540 g/mol. The number of carbonyl (C=O) groups excluding carboxylic acids is 1. The van der Waals surface area contributed by atoms with Gasteiger partial charge in [-0.25, -0.2) is 13.8 Å². The second kappa shape index (κ2) is 13.5. The largest absolute Gasteiger partial charge is 0.431 e. The van der Waals surface area contributed by atoms with Crippen LogP contribution in [0.15, 0.2) is 76.4 Å². The van der Waals surface area contributed by atoms with Crippen LogP contribution in [0.4, 0.5) is 8.78 Å². The summed E-state index contributed by atoms with van der Waals surface area (Å²) < 4.78 is 33.2. The molecule has 0 spiro atoms. The van der Waals surface area contributed by atoms with Crippen LogP contribution in [0.25, 0.3) is 11.1 Å². The maximum Gasteiger partial charge on any atom is 0.256 e. The number of hydrogen-bond donors (Lipinski definition) is 3. The van der Waals surface area contributed by atoms with Crippen LogP contribution in [0.3, 0.4) is 0 Å². The molecule has 0 saturated carbocycles. The van der Waals surface area contributed by atoms with E-state index in [2.05, 4.69) is 34.7 Å². The maximum atomic E-state index is 13.8. The van der Waals surface area contributed by atoms with Gasteiger partial charge in [0.15, 0.2) is 5.58 Å². The van der Waals surface area contributed by atoms with E-state index in [1.807, 2.05) is 36.4 Å². The Bertz CT molecular complexity index is 1310. The quantitative estimate of drug-likeness (QED) is 0.207. The standard InChI is InChI=1S/C29H31F2N3O3S/c1-2-19-6-5-7-20(12-19)17-32-18-26(35)25(15-21-13-22(30)16-23(31)14-21)33-28(36)10-11-38-29-34-24-8-3-4-9-27(24)37-29/h3-9,12-14,16,25-26,32,35H,2,10-11,15,17-18H2,1H3,(H,33,36)/t25-,26+/m0/s1. The van der Waals surface area contributed by atoms with Crippen LogP contribution in [0.5, 0.6) is 0 Å². The predicted molar refractivity (Wildman–Crippen MR) is 145 cm³/mol. The number of carbonyl (C=O) groups is 1. The van der Waals surface area contributed by atoms with E-state index in [9.17, 15) is 18.7 Å². The smallest absolute Gasteiger partial charge is 0.256 e. The van der Waals surface area contributed by atoms with Crippen LogP contribution < -0.4 is 10.6 Å². The molecule has 0 unspecified atom stereocenters. The van der Waals surface area contributed by atoms with Gasteiger partial charge >= 0.3 is 0 Å². The number of benzene rings is 3. The van der Waals surface area contributed by atoms with Gasteiger partial charge < -0.3 is 20.2 Å². The minimum atomic E-state index is -0.982. The van der Waals surface area contributed by atoms with Crippen LogP contribution in [-0.2, 0) is 24.2 Å². The number of rotatable bonds is 13. The Morgan fingerprint density at radius 1 is 1.03 bits per heavy atom. The first kappa shape index (κ1) is 27.8. The van der Waals surface area contributed by atoms with Gasteiger partial charge in [-0.3, -0.25) is 4.79 Å². The zero-order chi connectivity index (χ0) is 26.9. The molecular formula is C29H31F2N3O3S. The third-order valence-corrected chi connectivity index (χ3v) is 6.93. The number of nitrogens with one attached hydrogen (secondary N) is 2. The van der Waals surface area contributed by atoms with E-state index in [1.54, 1.807) is 0 Å². The van der Waals surface area contributed by atoms with Crippen LogP contribution in [0.2, 0.25) is 0 Å². The highest BCUT2D eigenvalue weighted by Crippen LogP contribution is 2.23. The van der Waals surface area contributed by atoms with Gasteiger partial charge in [0, 0.05) is 31.3 Å². The molecule has 0 aliphatic carbocycles. The number of aryl methyl sites for hydroxylation is 1. The summed E-state index contributed by atoms with van der Waals surface area (Å²) in [6, 6.07) is 18.0. The Hall–Kier alpha value is -3.27. The number of amides is 1. The lowest BCUT2D eigenvalue weighted by Crippen LogP contribution is -2.48. The first-order chi connectivity index (χ1) is 18.4. The van der Waals surface area contributed by atoms with Gasteiger partial charge in [0.05, 0.1) is 12.1 Å². The van der Waals surface area contributed by atoms with Gasteiger partial charge in [0.2, 0.25) is 5.91 Å². The van der Waals surface area contributed by atoms with E-state index >= 15 is 0 Å². The van der Waals surface area contributed by atoms with E-state index in [-0.39, 0.29) is 25.3 Å². The molecule has 9 heteroatoms. The van der Waals surface area contributed by atoms with E-state index in [4.69, 9.17) is 4.42 Å². The molecule has 1 amide bonds. The summed E-state index contributed by atoms with van der Waals surface area (Å²) >= 11 is 1.32. The Kier molecular flexibility index (Phi) is 9.86. The predicted octanol–water partition coefficient (Wildman–Crippen LogP) is 5.03. The fraction of sp³-hybridized carbons (Fsp3) is 0.310. The van der Waals surface area contributed by atoms with Crippen molar-refractivity contribution < 1.29 is 23.1 Å². The highest BCUT2D eigenvalue weighted by Gasteiger charge is 2.22. The van der Waals surface area contributed by atoms with Crippen LogP contribution in [-0.4, -0.2) is 40.4 Å². The van der Waals surface area contributed by atoms with Crippen molar-refractivity contribution in [2.45, 2.75) is 50.1 Å². The van der Waals surface area contributed by atoms with E-state index in [0.717, 1.165) is 23.6 Å². The van der Waals surface area contributed by atoms with Crippen LogP contribution in [0.1, 0.15) is 30.0 Å². The first-order valence-corrected chi connectivity index (χ1v) is 13.6. The molecule has 38 heavy (non-hydrogen) atoms. The van der Waals surface area contributed by atoms with E-state index < -0.39 is 23.8 Å². The maximum absolute atomic E-state index is 13.8. The zero-order valence-electron chi connectivity index (χ0n) is 21.1. The molecule has 3 N–H and O–H groups in total. The van der Waals surface area contributed by atoms with Crippen molar-refractivity contribution in [3.8, 4) is 0 Å². The topological polar surface area (TPSA) is 87.4 Å². The van der Waals surface area contributed by atoms with Crippen molar-refractivity contribution in [2.24, 2.45) is 0 Å². The molecule has 3 aromatic carbocycles. The van der Waals surface area contributed by atoms with Crippen LogP contribution in [0, 0.1) is 11.6 Å². The number of halogens is 2. The second-order valence-electron chi connectivity index (χ2n) is 9.07. The number of nitrogens with zero attached hydrogens (tertiary/aromatic N) is 1. The third kappa shape index (κ3) is 8.11. The van der Waals surface area contributed by atoms with Crippen molar-refractivity contribution >= 4 is 28.8 Å². The lowest BCUT2D eigenvalue weighted by atomic mass is 10.0. The minimum Gasteiger partial charge on any atom is -0.431 e. The first-order valence-electron chi connectivity index (χ1n) is 12.6. The normalized spacial score (nSPS) is 12.9. The molecule has 200 valence electrons. The summed E-state index contributed by atoms with van der Waals surface area (Å²) in [4.78, 5) is 17.1. The molecule has 4 rings (SSSR count). The molecule has 6 nitrogen and oxygen atoms in total. The highest BCUT2D eigenvalue weighted by molar-refractivity contribution is 7.99. The fourth-order valence-electron chi connectivity index (χ4n) is 4.15. The number of oxazole rings is 1. The van der Waals surface area contributed by atoms with E-state index in [0.29, 0.717) is 28.7 Å². The lowest BCUT2D eigenvalue weighted by Gasteiger charge is -2.25. The van der Waals surface area contributed by atoms with Crippen molar-refractivity contribution in [1.29, 1.82) is 0 Å². The summed E-state index contributed by atoms with van der Waals surface area (Å²) in [6.45, 7) is 2.82. The summed E-state index contributed by atoms with van der Waals surface area (Å²) in [7, 11) is 0. The molecule has 0 saturated heterocycles. The third-order valence-electron chi connectivity index (χ3n) is 6.10. The molecule has 0 radical (unpaired) electrons. The van der Waals surface area contributed by atoms with Gasteiger partial charge in [-0.2, -0.15) is 0 Å². The molecule has 2 atom stereocenters. The molecule has 4 aromatic rings. The van der Waals surface area contributed by atoms with Crippen molar-refractivity contribution in [1.82, 2.24) is 15.6 Å². The Balaban J connectivity index is 1.34. The van der Waals surface area contributed by atoms with Crippen molar-refractivity contribution in [3.05, 3.63) is 95.1 Å². The van der Waals surface area contributed by atoms with Gasteiger partial charge in [0.25, 0.3) is 5.22 Å². The van der Waals surface area contributed by atoms with Gasteiger partial charge in [-0.15, -0.1) is 0 Å². The molecule has 0 fully saturated rings. The zero-order valence-corrected chi connectivity index (χ0v) is 21.9. The molecule has 1 heterocycles. The Morgan fingerprint density at radius 2 is 1.79 bits per heavy atom. The number of hydrogen-bond acceptors (Lipinski definition) is 6. The van der Waals surface area contributed by atoms with Crippen molar-refractivity contribution in [2.75, 3.05) is 12.3 Å². The second-order valence-corrected chi connectivity index (χ2v) is 10.1. The van der Waals surface area contributed by atoms with E-state index in [1.165, 1.54) is 29.5 Å². The van der Waals surface area contributed by atoms with Gasteiger partial charge in [-0.05, 0) is 53.8 Å². The molecule has 0 bridgehead atoms. The molecule has 0 aliphatic rings. The monoisotopic (exact) mass is 539 g/mol. The number of fused-ring (bicyclic) bond motifs is 1. The Labute approximate surface area is 224 Å². The SMILES string of the molecule is CCc1cccc(CNC[C@@H](O)[C@H](Cc2cc(F)cc(F)c2)NC(=O)CCSc2nc3ccccc3o2)c1. The summed E-state index contributed by atoms with van der Waals surface area (Å²) in [5.74, 6) is -1.28. The van der Waals surface area contributed by atoms with Crippen LogP contribution >= 0.6 is 11.8 Å². The Morgan fingerprint density at radius 3 is 2.55 bits per heavy atom. The summed E-state index contributed by atoms with van der Waals surface area (Å²) in [5.41, 5.74) is 4.08. The number of aliphatic hydroxyl groups is 1. The highest BCUT2D eigenvalue weighted by atomic mass is 32.2. The lowest BCUT2D eigenvalue weighted by molar-refractivity contribution is -0.122. The molecule has 0 aliphatic heterocycles. The molecular weight excluding hydrogens is 508 g/mol. The van der Waals surface area contributed by atoms with Gasteiger partial charge in [-0.1, -0.05) is 55.1 Å². The molecule has 1 aromatic heterocycles.